The normalized spacial score (nSPS) is 12.2. The molecule has 1 aromatic carbocycles. The van der Waals surface area contributed by atoms with E-state index in [0.29, 0.717) is 5.56 Å². The highest BCUT2D eigenvalue weighted by Gasteiger charge is 2.29. The van der Waals surface area contributed by atoms with Crippen molar-refractivity contribution in [1.29, 1.82) is 0 Å². The van der Waals surface area contributed by atoms with E-state index in [1.165, 1.54) is 19.2 Å². The monoisotopic (exact) mass is 424 g/mol. The lowest BCUT2D eigenvalue weighted by atomic mass is 10.1. The number of anilines is 1. The number of hydrogen-bond donors (Lipinski definition) is 2. The van der Waals surface area contributed by atoms with Crippen molar-refractivity contribution in [2.45, 2.75) is 17.7 Å². The van der Waals surface area contributed by atoms with Gasteiger partial charge in [-0.1, -0.05) is 12.1 Å². The van der Waals surface area contributed by atoms with Crippen LogP contribution in [0.25, 0.3) is 0 Å². The average molecular weight is 425 g/mol. The number of benzene rings is 1. The highest BCUT2D eigenvalue weighted by Crippen LogP contribution is 2.29. The Morgan fingerprint density at radius 2 is 1.83 bits per heavy atom. The quantitative estimate of drug-likeness (QED) is 0.770. The Kier molecular flexibility index (Phi) is 5.45. The first-order valence-electron chi connectivity index (χ1n) is 6.49. The smallest absolute Gasteiger partial charge is 0.364 e. The predicted molar refractivity (Wildman–Crippen MR) is 84.7 cm³/mol. The molecular formula is C13H12BrF3N4O2S. The summed E-state index contributed by atoms with van der Waals surface area (Å²) in [5, 5.41) is 2.61. The maximum atomic E-state index is 12.5. The summed E-state index contributed by atoms with van der Waals surface area (Å²) in [6.45, 7) is 0.198. The van der Waals surface area contributed by atoms with E-state index in [-0.39, 0.29) is 22.0 Å². The molecule has 0 bridgehead atoms. The maximum Gasteiger partial charge on any atom is 0.416 e. The van der Waals surface area contributed by atoms with Gasteiger partial charge >= 0.3 is 6.18 Å². The zero-order chi connectivity index (χ0) is 18.0. The van der Waals surface area contributed by atoms with Crippen molar-refractivity contribution in [3.63, 3.8) is 0 Å². The van der Waals surface area contributed by atoms with Crippen LogP contribution in [0, 0.1) is 0 Å². The van der Waals surface area contributed by atoms with Gasteiger partial charge < -0.3 is 5.32 Å². The lowest BCUT2D eigenvalue weighted by Crippen LogP contribution is -2.20. The molecule has 0 aliphatic heterocycles. The number of aromatic nitrogens is 2. The number of sulfonamides is 1. The highest BCUT2D eigenvalue weighted by atomic mass is 79.9. The molecule has 0 aliphatic rings. The number of nitrogens with one attached hydrogen (secondary N) is 2. The molecule has 1 heterocycles. The number of hydrogen-bond acceptors (Lipinski definition) is 5. The van der Waals surface area contributed by atoms with Crippen molar-refractivity contribution >= 4 is 31.8 Å². The molecule has 2 N–H and O–H groups in total. The Morgan fingerprint density at radius 3 is 2.33 bits per heavy atom. The SMILES string of the molecule is CNS(=O)(=O)c1cnc(NCc2ccc(C(F)(F)F)cc2)c(Br)n1. The van der Waals surface area contributed by atoms with Gasteiger partial charge in [-0.2, -0.15) is 13.2 Å². The molecule has 0 amide bonds. The minimum Gasteiger partial charge on any atom is -0.364 e. The van der Waals surface area contributed by atoms with E-state index in [1.54, 1.807) is 0 Å². The standard InChI is InChI=1S/C13H12BrF3N4O2S/c1-18-24(22,23)10-7-20-12(11(14)21-10)19-6-8-2-4-9(5-3-8)13(15,16)17/h2-5,7,18H,6H2,1H3,(H,19,20). The number of alkyl halides is 3. The molecule has 24 heavy (non-hydrogen) atoms. The van der Waals surface area contributed by atoms with Crippen LogP contribution in [0.1, 0.15) is 11.1 Å². The topological polar surface area (TPSA) is 84.0 Å². The molecule has 0 spiro atoms. The Hall–Kier alpha value is -1.72. The van der Waals surface area contributed by atoms with Gasteiger partial charge in [-0.15, -0.1) is 0 Å². The van der Waals surface area contributed by atoms with Gasteiger partial charge in [-0.25, -0.2) is 23.1 Å². The van der Waals surface area contributed by atoms with Crippen LogP contribution in [0.4, 0.5) is 19.0 Å². The molecule has 1 aromatic heterocycles. The van der Waals surface area contributed by atoms with E-state index in [0.717, 1.165) is 18.3 Å². The number of rotatable bonds is 5. The fourth-order valence-electron chi connectivity index (χ4n) is 1.70. The minimum absolute atomic E-state index is 0.172. The first-order chi connectivity index (χ1) is 11.1. The lowest BCUT2D eigenvalue weighted by Gasteiger charge is -2.10. The zero-order valence-electron chi connectivity index (χ0n) is 12.2. The maximum absolute atomic E-state index is 12.5. The molecule has 6 nitrogen and oxygen atoms in total. The van der Waals surface area contributed by atoms with E-state index in [2.05, 4.69) is 35.9 Å². The van der Waals surface area contributed by atoms with Gasteiger partial charge in [0.2, 0.25) is 0 Å². The van der Waals surface area contributed by atoms with Crippen LogP contribution >= 0.6 is 15.9 Å². The van der Waals surface area contributed by atoms with Crippen LogP contribution in [-0.4, -0.2) is 25.4 Å². The summed E-state index contributed by atoms with van der Waals surface area (Å²) in [6.07, 6.45) is -3.30. The summed E-state index contributed by atoms with van der Waals surface area (Å²) in [5.41, 5.74) is -0.127. The van der Waals surface area contributed by atoms with Gasteiger partial charge in [0, 0.05) is 6.54 Å². The van der Waals surface area contributed by atoms with Crippen molar-refractivity contribution in [1.82, 2.24) is 14.7 Å². The summed E-state index contributed by atoms with van der Waals surface area (Å²) >= 11 is 3.10. The molecule has 2 aromatic rings. The molecule has 0 aliphatic carbocycles. The summed E-state index contributed by atoms with van der Waals surface area (Å²) < 4.78 is 63.0. The van der Waals surface area contributed by atoms with Gasteiger partial charge in [-0.3, -0.25) is 0 Å². The van der Waals surface area contributed by atoms with Crippen molar-refractivity contribution in [2.24, 2.45) is 0 Å². The molecule has 0 radical (unpaired) electrons. The van der Waals surface area contributed by atoms with E-state index < -0.39 is 21.8 Å². The average Bonchev–Trinajstić information content (AvgIpc) is 2.53. The van der Waals surface area contributed by atoms with Gasteiger partial charge in [0.1, 0.15) is 4.60 Å². The first kappa shape index (κ1) is 18.6. The van der Waals surface area contributed by atoms with Crippen LogP contribution < -0.4 is 10.0 Å². The fraction of sp³-hybridized carbons (Fsp3) is 0.231. The van der Waals surface area contributed by atoms with Crippen LogP contribution in [0.2, 0.25) is 0 Å². The Labute approximate surface area is 144 Å². The number of halogens is 4. The third-order valence-electron chi connectivity index (χ3n) is 2.99. The zero-order valence-corrected chi connectivity index (χ0v) is 14.6. The second-order valence-electron chi connectivity index (χ2n) is 4.60. The molecule has 0 atom stereocenters. The molecule has 11 heteroatoms. The highest BCUT2D eigenvalue weighted by molar-refractivity contribution is 9.10. The molecule has 0 fully saturated rings. The largest absolute Gasteiger partial charge is 0.416 e. The Morgan fingerprint density at radius 1 is 1.21 bits per heavy atom. The fourth-order valence-corrected chi connectivity index (χ4v) is 2.86. The summed E-state index contributed by atoms with van der Waals surface area (Å²) in [5.74, 6) is 0.268. The summed E-state index contributed by atoms with van der Waals surface area (Å²) in [6, 6.07) is 4.66. The molecule has 130 valence electrons. The molecule has 0 saturated carbocycles. The van der Waals surface area contributed by atoms with Crippen LogP contribution in [0.5, 0.6) is 0 Å². The molecular weight excluding hydrogens is 413 g/mol. The van der Waals surface area contributed by atoms with Crippen molar-refractivity contribution in [3.05, 3.63) is 46.2 Å². The van der Waals surface area contributed by atoms with Gasteiger partial charge in [0.05, 0.1) is 11.8 Å². The van der Waals surface area contributed by atoms with Crippen molar-refractivity contribution in [2.75, 3.05) is 12.4 Å². The van der Waals surface area contributed by atoms with Gasteiger partial charge in [-0.05, 0) is 40.7 Å². The minimum atomic E-state index is -4.38. The second kappa shape index (κ2) is 7.03. The van der Waals surface area contributed by atoms with Crippen molar-refractivity contribution < 1.29 is 21.6 Å². The van der Waals surface area contributed by atoms with Crippen LogP contribution in [-0.2, 0) is 22.7 Å². The Bertz CT molecular complexity index is 826. The third kappa shape index (κ3) is 4.42. The third-order valence-corrected chi connectivity index (χ3v) is 4.83. The lowest BCUT2D eigenvalue weighted by molar-refractivity contribution is -0.137. The van der Waals surface area contributed by atoms with Crippen LogP contribution in [0.3, 0.4) is 0 Å². The van der Waals surface area contributed by atoms with Gasteiger partial charge in [0.15, 0.2) is 10.8 Å². The first-order valence-corrected chi connectivity index (χ1v) is 8.77. The van der Waals surface area contributed by atoms with E-state index in [4.69, 9.17) is 0 Å². The Balaban J connectivity index is 2.10. The molecule has 0 unspecified atom stereocenters. The molecule has 2 rings (SSSR count). The molecule has 0 saturated heterocycles. The summed E-state index contributed by atoms with van der Waals surface area (Å²) in [7, 11) is -2.46. The van der Waals surface area contributed by atoms with E-state index in [9.17, 15) is 21.6 Å². The number of nitrogens with zero attached hydrogens (tertiary/aromatic N) is 2. The summed E-state index contributed by atoms with van der Waals surface area (Å²) in [4.78, 5) is 7.81. The second-order valence-corrected chi connectivity index (χ2v) is 7.19. The van der Waals surface area contributed by atoms with E-state index >= 15 is 0 Å². The van der Waals surface area contributed by atoms with Crippen LogP contribution in [0.15, 0.2) is 40.1 Å². The van der Waals surface area contributed by atoms with Gasteiger partial charge in [0.25, 0.3) is 10.0 Å². The predicted octanol–water partition coefficient (Wildman–Crippen LogP) is 2.78. The van der Waals surface area contributed by atoms with Crippen molar-refractivity contribution in [3.8, 4) is 0 Å². The van der Waals surface area contributed by atoms with E-state index in [1.807, 2.05) is 0 Å².